The Balaban J connectivity index is 2.68. The Morgan fingerprint density at radius 1 is 1.33 bits per heavy atom. The second kappa shape index (κ2) is 5.33. The minimum Gasteiger partial charge on any atom is -0.508 e. The van der Waals surface area contributed by atoms with Crippen LogP contribution in [0.15, 0.2) is 24.3 Å². The number of hydrogen-bond donors (Lipinski definition) is 4. The van der Waals surface area contributed by atoms with Gasteiger partial charge in [0.25, 0.3) is 5.91 Å². The summed E-state index contributed by atoms with van der Waals surface area (Å²) < 4.78 is 0. The number of nitrogens with one attached hydrogen (secondary N) is 1. The van der Waals surface area contributed by atoms with Crippen LogP contribution in [0.5, 0.6) is 5.75 Å². The molecule has 0 bridgehead atoms. The minimum absolute atomic E-state index is 0.00723. The summed E-state index contributed by atoms with van der Waals surface area (Å²) in [5, 5.41) is 29.0. The van der Waals surface area contributed by atoms with Crippen molar-refractivity contribution in [3.8, 4) is 5.75 Å². The van der Waals surface area contributed by atoms with Gasteiger partial charge in [-0.05, 0) is 18.2 Å². The van der Waals surface area contributed by atoms with E-state index in [1.54, 1.807) is 0 Å². The summed E-state index contributed by atoms with van der Waals surface area (Å²) in [5.74, 6) is -0.453. The lowest BCUT2D eigenvalue weighted by molar-refractivity contribution is 0.0879. The number of aliphatic hydroxyl groups excluding tert-OH is 2. The first-order valence-electron chi connectivity index (χ1n) is 4.49. The fourth-order valence-corrected chi connectivity index (χ4v) is 1.06. The molecular weight excluding hydrogens is 198 g/mol. The van der Waals surface area contributed by atoms with Crippen LogP contribution in [0.25, 0.3) is 0 Å². The largest absolute Gasteiger partial charge is 0.508 e. The Labute approximate surface area is 87.0 Å². The van der Waals surface area contributed by atoms with Gasteiger partial charge in [0.1, 0.15) is 5.75 Å². The first-order valence-corrected chi connectivity index (χ1v) is 4.49. The van der Waals surface area contributed by atoms with E-state index < -0.39 is 11.9 Å². The van der Waals surface area contributed by atoms with E-state index in [-0.39, 0.29) is 24.5 Å². The number of carbonyl (C=O) groups is 1. The van der Waals surface area contributed by atoms with Gasteiger partial charge in [0.2, 0.25) is 0 Å². The molecule has 0 spiro atoms. The number of amides is 1. The molecule has 0 aliphatic carbocycles. The molecule has 4 N–H and O–H groups in total. The molecule has 0 heterocycles. The number of carbonyl (C=O) groups excluding carboxylic acids is 1. The van der Waals surface area contributed by atoms with Gasteiger partial charge in [-0.3, -0.25) is 4.79 Å². The van der Waals surface area contributed by atoms with E-state index in [0.29, 0.717) is 0 Å². The molecule has 1 amide bonds. The van der Waals surface area contributed by atoms with Crippen LogP contribution in [-0.2, 0) is 0 Å². The third kappa shape index (κ3) is 3.23. The van der Waals surface area contributed by atoms with Crippen LogP contribution >= 0.6 is 0 Å². The maximum atomic E-state index is 11.5. The van der Waals surface area contributed by atoms with E-state index in [9.17, 15) is 4.79 Å². The Kier molecular flexibility index (Phi) is 4.08. The number of rotatable bonds is 4. The van der Waals surface area contributed by atoms with Gasteiger partial charge in [-0.2, -0.15) is 0 Å². The summed E-state index contributed by atoms with van der Waals surface area (Å²) in [6.45, 7) is -0.665. The quantitative estimate of drug-likeness (QED) is 0.539. The average molecular weight is 211 g/mol. The molecule has 0 aliphatic heterocycles. The molecule has 15 heavy (non-hydrogen) atoms. The first-order chi connectivity index (χ1) is 7.17. The van der Waals surface area contributed by atoms with E-state index in [4.69, 9.17) is 15.3 Å². The fourth-order valence-electron chi connectivity index (χ4n) is 1.06. The summed E-state index contributed by atoms with van der Waals surface area (Å²) in [5.41, 5.74) is 0.280. The molecule has 0 unspecified atom stereocenters. The number of aromatic hydroxyl groups is 1. The summed E-state index contributed by atoms with van der Waals surface area (Å²) in [4.78, 5) is 11.5. The molecule has 0 fully saturated rings. The molecule has 0 radical (unpaired) electrons. The van der Waals surface area contributed by atoms with Crippen molar-refractivity contribution < 1.29 is 20.1 Å². The molecule has 0 aliphatic rings. The van der Waals surface area contributed by atoms with Crippen LogP contribution in [0.3, 0.4) is 0 Å². The van der Waals surface area contributed by atoms with Crippen LogP contribution < -0.4 is 5.32 Å². The standard InChI is InChI=1S/C10H13NO4/c12-5-8(6-13)11-10(15)7-2-1-3-9(14)4-7/h1-4,8,12-14H,5-6H2,(H,11,15). The smallest absolute Gasteiger partial charge is 0.251 e. The predicted octanol–water partition coefficient (Wildman–Crippen LogP) is -0.525. The molecule has 82 valence electrons. The van der Waals surface area contributed by atoms with Gasteiger partial charge in [0.15, 0.2) is 0 Å². The van der Waals surface area contributed by atoms with E-state index in [1.807, 2.05) is 0 Å². The molecule has 1 aromatic carbocycles. The molecule has 0 aromatic heterocycles. The molecule has 1 aromatic rings. The predicted molar refractivity (Wildman–Crippen MR) is 53.5 cm³/mol. The van der Waals surface area contributed by atoms with Crippen LogP contribution in [-0.4, -0.2) is 40.5 Å². The third-order valence-electron chi connectivity index (χ3n) is 1.88. The second-order valence-electron chi connectivity index (χ2n) is 3.09. The van der Waals surface area contributed by atoms with Gasteiger partial charge in [-0.15, -0.1) is 0 Å². The molecular formula is C10H13NO4. The highest BCUT2D eigenvalue weighted by atomic mass is 16.3. The number of hydrogen-bond acceptors (Lipinski definition) is 4. The molecule has 0 saturated carbocycles. The zero-order valence-corrected chi connectivity index (χ0v) is 8.05. The number of benzene rings is 1. The summed E-state index contributed by atoms with van der Waals surface area (Å²) in [7, 11) is 0. The van der Waals surface area contributed by atoms with Gasteiger partial charge < -0.3 is 20.6 Å². The van der Waals surface area contributed by atoms with Crippen molar-refractivity contribution in [3.63, 3.8) is 0 Å². The summed E-state index contributed by atoms with van der Waals surface area (Å²) >= 11 is 0. The van der Waals surface area contributed by atoms with Gasteiger partial charge in [-0.25, -0.2) is 0 Å². The lowest BCUT2D eigenvalue weighted by atomic mass is 10.2. The van der Waals surface area contributed by atoms with Gasteiger partial charge >= 0.3 is 0 Å². The number of phenols is 1. The van der Waals surface area contributed by atoms with Crippen LogP contribution in [0.4, 0.5) is 0 Å². The normalized spacial score (nSPS) is 10.3. The van der Waals surface area contributed by atoms with Crippen LogP contribution in [0.1, 0.15) is 10.4 Å². The SMILES string of the molecule is O=C(NC(CO)CO)c1cccc(O)c1. The van der Waals surface area contributed by atoms with Crippen LogP contribution in [0.2, 0.25) is 0 Å². The Hall–Kier alpha value is -1.59. The fraction of sp³-hybridized carbons (Fsp3) is 0.300. The number of phenolic OH excluding ortho intramolecular Hbond substituents is 1. The minimum atomic E-state index is -0.681. The highest BCUT2D eigenvalue weighted by molar-refractivity contribution is 5.94. The Bertz CT molecular complexity index is 336. The third-order valence-corrected chi connectivity index (χ3v) is 1.88. The monoisotopic (exact) mass is 211 g/mol. The van der Waals surface area contributed by atoms with Crippen molar-refractivity contribution in [1.82, 2.24) is 5.32 Å². The maximum absolute atomic E-state index is 11.5. The molecule has 1 rings (SSSR count). The molecule has 5 heteroatoms. The Morgan fingerprint density at radius 2 is 2.00 bits per heavy atom. The lowest BCUT2D eigenvalue weighted by Crippen LogP contribution is -2.40. The molecule has 0 atom stereocenters. The summed E-state index contributed by atoms with van der Waals surface area (Å²) in [6.07, 6.45) is 0. The van der Waals surface area contributed by atoms with Gasteiger partial charge in [0, 0.05) is 5.56 Å². The molecule has 0 saturated heterocycles. The van der Waals surface area contributed by atoms with E-state index >= 15 is 0 Å². The van der Waals surface area contributed by atoms with Crippen molar-refractivity contribution in [3.05, 3.63) is 29.8 Å². The zero-order valence-electron chi connectivity index (χ0n) is 8.05. The second-order valence-corrected chi connectivity index (χ2v) is 3.09. The van der Waals surface area contributed by atoms with Crippen molar-refractivity contribution in [2.75, 3.05) is 13.2 Å². The highest BCUT2D eigenvalue weighted by Gasteiger charge is 2.11. The average Bonchev–Trinajstić information content (AvgIpc) is 2.25. The van der Waals surface area contributed by atoms with Gasteiger partial charge in [0.05, 0.1) is 19.3 Å². The van der Waals surface area contributed by atoms with E-state index in [1.165, 1.54) is 24.3 Å². The van der Waals surface area contributed by atoms with E-state index in [2.05, 4.69) is 5.32 Å². The number of aliphatic hydroxyl groups is 2. The van der Waals surface area contributed by atoms with Crippen molar-refractivity contribution in [1.29, 1.82) is 0 Å². The topological polar surface area (TPSA) is 89.8 Å². The van der Waals surface area contributed by atoms with Crippen molar-refractivity contribution >= 4 is 5.91 Å². The Morgan fingerprint density at radius 3 is 2.53 bits per heavy atom. The molecule has 5 nitrogen and oxygen atoms in total. The van der Waals surface area contributed by atoms with Crippen molar-refractivity contribution in [2.24, 2.45) is 0 Å². The zero-order chi connectivity index (χ0) is 11.3. The van der Waals surface area contributed by atoms with E-state index in [0.717, 1.165) is 0 Å². The summed E-state index contributed by atoms with van der Waals surface area (Å²) in [6, 6.07) is 5.14. The van der Waals surface area contributed by atoms with Crippen LogP contribution in [0, 0.1) is 0 Å². The lowest BCUT2D eigenvalue weighted by Gasteiger charge is -2.13. The van der Waals surface area contributed by atoms with Crippen molar-refractivity contribution in [2.45, 2.75) is 6.04 Å². The highest BCUT2D eigenvalue weighted by Crippen LogP contribution is 2.10. The first kappa shape index (κ1) is 11.5. The maximum Gasteiger partial charge on any atom is 0.251 e. The van der Waals surface area contributed by atoms with Gasteiger partial charge in [-0.1, -0.05) is 6.07 Å².